The first-order valence-corrected chi connectivity index (χ1v) is 10.4. The topological polar surface area (TPSA) is 84.9 Å². The molecule has 2 aromatic rings. The molecule has 0 radical (unpaired) electrons. The highest BCUT2D eigenvalue weighted by Crippen LogP contribution is 2.35. The molecule has 2 aromatic carbocycles. The molecule has 0 fully saturated rings. The number of carbonyl (C=O) groups is 1. The lowest BCUT2D eigenvalue weighted by atomic mass is 10.1. The van der Waals surface area contributed by atoms with Crippen LogP contribution in [0.4, 0.5) is 11.4 Å². The molecule has 1 aliphatic heterocycles. The van der Waals surface area contributed by atoms with E-state index >= 15 is 0 Å². The summed E-state index contributed by atoms with van der Waals surface area (Å²) in [6.45, 7) is 0.550. The molecule has 1 amide bonds. The van der Waals surface area contributed by atoms with Gasteiger partial charge in [-0.1, -0.05) is 12.1 Å². The number of ether oxygens (including phenoxy) is 2. The highest BCUT2D eigenvalue weighted by molar-refractivity contribution is 7.92. The third-order valence-electron chi connectivity index (χ3n) is 4.26. The molecule has 0 saturated carbocycles. The van der Waals surface area contributed by atoms with Crippen molar-refractivity contribution < 1.29 is 22.7 Å². The van der Waals surface area contributed by atoms with Crippen LogP contribution in [0.3, 0.4) is 0 Å². The lowest BCUT2D eigenvalue weighted by molar-refractivity contribution is -0.116. The average molecular weight is 390 g/mol. The molecule has 0 bridgehead atoms. The van der Waals surface area contributed by atoms with E-state index < -0.39 is 10.0 Å². The molecule has 8 heteroatoms. The fourth-order valence-corrected chi connectivity index (χ4v) is 3.80. The maximum Gasteiger partial charge on any atom is 0.232 e. The van der Waals surface area contributed by atoms with Gasteiger partial charge in [0.05, 0.1) is 25.6 Å². The number of hydrogen-bond donors (Lipinski definition) is 1. The Balaban J connectivity index is 1.66. The van der Waals surface area contributed by atoms with Crippen molar-refractivity contribution in [3.8, 4) is 11.5 Å². The molecular formula is C19H22N2O5S. The van der Waals surface area contributed by atoms with E-state index in [-0.39, 0.29) is 12.5 Å². The fraction of sp³-hybridized carbons (Fsp3) is 0.316. The van der Waals surface area contributed by atoms with Crippen LogP contribution in [-0.4, -0.2) is 40.8 Å². The standard InChI is InChI=1S/C19H22N2O5S/c1-25-16-7-3-14(4-8-16)5-10-19(22)20-15-6-9-18-17(13-15)21(11-12-26-18)27(2,23)24/h3-4,6-9,13H,5,10-12H2,1-2H3,(H,20,22). The van der Waals surface area contributed by atoms with Crippen molar-refractivity contribution in [2.75, 3.05) is 36.1 Å². The van der Waals surface area contributed by atoms with Crippen LogP contribution in [0, 0.1) is 0 Å². The minimum atomic E-state index is -3.41. The average Bonchev–Trinajstić information content (AvgIpc) is 2.65. The van der Waals surface area contributed by atoms with Gasteiger partial charge in [0.2, 0.25) is 15.9 Å². The number of nitrogens with zero attached hydrogens (tertiary/aromatic N) is 1. The van der Waals surface area contributed by atoms with Crippen molar-refractivity contribution in [3.05, 3.63) is 48.0 Å². The first-order chi connectivity index (χ1) is 12.9. The number of sulfonamides is 1. The molecule has 0 aliphatic carbocycles. The number of fused-ring (bicyclic) bond motifs is 1. The van der Waals surface area contributed by atoms with E-state index in [1.54, 1.807) is 25.3 Å². The third-order valence-corrected chi connectivity index (χ3v) is 5.44. The molecule has 3 rings (SSSR count). The first kappa shape index (κ1) is 19.0. The Morgan fingerprint density at radius 2 is 1.96 bits per heavy atom. The van der Waals surface area contributed by atoms with Crippen molar-refractivity contribution >= 4 is 27.3 Å². The van der Waals surface area contributed by atoms with Gasteiger partial charge >= 0.3 is 0 Å². The van der Waals surface area contributed by atoms with E-state index in [0.29, 0.717) is 36.6 Å². The molecule has 0 saturated heterocycles. The number of methoxy groups -OCH3 is 1. The number of aryl methyl sites for hydroxylation is 1. The predicted octanol–water partition coefficient (Wildman–Crippen LogP) is 2.42. The molecule has 1 aliphatic rings. The smallest absolute Gasteiger partial charge is 0.232 e. The third kappa shape index (κ3) is 4.71. The molecule has 0 spiro atoms. The Morgan fingerprint density at radius 1 is 1.22 bits per heavy atom. The van der Waals surface area contributed by atoms with E-state index in [2.05, 4.69) is 5.32 Å². The van der Waals surface area contributed by atoms with Gasteiger partial charge in [0.1, 0.15) is 18.1 Å². The lowest BCUT2D eigenvalue weighted by Crippen LogP contribution is -2.37. The van der Waals surface area contributed by atoms with E-state index in [0.717, 1.165) is 17.6 Å². The Hall–Kier alpha value is -2.74. The SMILES string of the molecule is COc1ccc(CCC(=O)Nc2ccc3c(c2)N(S(C)(=O)=O)CCO3)cc1. The minimum absolute atomic E-state index is 0.145. The Labute approximate surface area is 158 Å². The zero-order valence-electron chi connectivity index (χ0n) is 15.3. The molecule has 0 unspecified atom stereocenters. The second kappa shape index (κ2) is 7.87. The van der Waals surface area contributed by atoms with Gasteiger partial charge in [-0.3, -0.25) is 9.10 Å². The highest BCUT2D eigenvalue weighted by Gasteiger charge is 2.25. The lowest BCUT2D eigenvalue weighted by Gasteiger charge is -2.29. The van der Waals surface area contributed by atoms with E-state index in [1.165, 1.54) is 4.31 Å². The van der Waals surface area contributed by atoms with E-state index in [1.807, 2.05) is 24.3 Å². The first-order valence-electron chi connectivity index (χ1n) is 8.54. The number of amides is 1. The number of benzene rings is 2. The quantitative estimate of drug-likeness (QED) is 0.819. The Kier molecular flexibility index (Phi) is 5.55. The molecule has 1 N–H and O–H groups in total. The summed E-state index contributed by atoms with van der Waals surface area (Å²) in [7, 11) is -1.80. The van der Waals surface area contributed by atoms with Gasteiger partial charge in [0.25, 0.3) is 0 Å². The van der Waals surface area contributed by atoms with E-state index in [9.17, 15) is 13.2 Å². The zero-order valence-corrected chi connectivity index (χ0v) is 16.1. The normalized spacial score (nSPS) is 13.5. The number of carbonyl (C=O) groups excluding carboxylic acids is 1. The Bertz CT molecular complexity index is 926. The second-order valence-electron chi connectivity index (χ2n) is 6.26. The van der Waals surface area contributed by atoms with Gasteiger partial charge in [-0.05, 0) is 42.3 Å². The van der Waals surface area contributed by atoms with Crippen molar-refractivity contribution in [3.63, 3.8) is 0 Å². The largest absolute Gasteiger partial charge is 0.497 e. The maximum absolute atomic E-state index is 12.3. The summed E-state index contributed by atoms with van der Waals surface area (Å²) < 4.78 is 35.8. The van der Waals surface area contributed by atoms with Crippen LogP contribution >= 0.6 is 0 Å². The molecular weight excluding hydrogens is 368 g/mol. The molecule has 0 aromatic heterocycles. The summed E-state index contributed by atoms with van der Waals surface area (Å²) in [6, 6.07) is 12.6. The van der Waals surface area contributed by atoms with Crippen LogP contribution in [-0.2, 0) is 21.2 Å². The second-order valence-corrected chi connectivity index (χ2v) is 8.17. The molecule has 0 atom stereocenters. The fourth-order valence-electron chi connectivity index (χ4n) is 2.89. The zero-order chi connectivity index (χ0) is 19.4. The van der Waals surface area contributed by atoms with Crippen molar-refractivity contribution in [1.29, 1.82) is 0 Å². The van der Waals surface area contributed by atoms with Gasteiger partial charge in [-0.25, -0.2) is 8.42 Å². The highest BCUT2D eigenvalue weighted by atomic mass is 32.2. The van der Waals surface area contributed by atoms with Crippen LogP contribution in [0.2, 0.25) is 0 Å². The van der Waals surface area contributed by atoms with Crippen molar-refractivity contribution in [2.45, 2.75) is 12.8 Å². The number of hydrogen-bond acceptors (Lipinski definition) is 5. The monoisotopic (exact) mass is 390 g/mol. The van der Waals surface area contributed by atoms with Crippen molar-refractivity contribution in [2.24, 2.45) is 0 Å². The summed E-state index contributed by atoms with van der Waals surface area (Å²) in [5.41, 5.74) is 2.01. The van der Waals surface area contributed by atoms with Crippen LogP contribution in [0.15, 0.2) is 42.5 Å². The van der Waals surface area contributed by atoms with Gasteiger partial charge in [0.15, 0.2) is 0 Å². The van der Waals surface area contributed by atoms with Crippen LogP contribution in [0.5, 0.6) is 11.5 Å². The molecule has 7 nitrogen and oxygen atoms in total. The predicted molar refractivity (Wildman–Crippen MR) is 104 cm³/mol. The molecule has 27 heavy (non-hydrogen) atoms. The van der Waals surface area contributed by atoms with Crippen LogP contribution < -0.4 is 19.1 Å². The van der Waals surface area contributed by atoms with Crippen LogP contribution in [0.1, 0.15) is 12.0 Å². The van der Waals surface area contributed by atoms with Crippen LogP contribution in [0.25, 0.3) is 0 Å². The van der Waals surface area contributed by atoms with Gasteiger partial charge in [-0.15, -0.1) is 0 Å². The molecule has 144 valence electrons. The number of nitrogens with one attached hydrogen (secondary N) is 1. The van der Waals surface area contributed by atoms with Gasteiger partial charge in [0, 0.05) is 12.1 Å². The number of anilines is 2. The Morgan fingerprint density at radius 3 is 2.63 bits per heavy atom. The summed E-state index contributed by atoms with van der Waals surface area (Å²) >= 11 is 0. The maximum atomic E-state index is 12.3. The summed E-state index contributed by atoms with van der Waals surface area (Å²) in [5.74, 6) is 1.12. The molecule has 1 heterocycles. The van der Waals surface area contributed by atoms with Gasteiger partial charge < -0.3 is 14.8 Å². The summed E-state index contributed by atoms with van der Waals surface area (Å²) in [4.78, 5) is 12.3. The van der Waals surface area contributed by atoms with Gasteiger partial charge in [-0.2, -0.15) is 0 Å². The minimum Gasteiger partial charge on any atom is -0.497 e. The van der Waals surface area contributed by atoms with E-state index in [4.69, 9.17) is 9.47 Å². The van der Waals surface area contributed by atoms with Crippen molar-refractivity contribution in [1.82, 2.24) is 0 Å². The summed E-state index contributed by atoms with van der Waals surface area (Å²) in [6.07, 6.45) is 2.07. The number of rotatable bonds is 6. The summed E-state index contributed by atoms with van der Waals surface area (Å²) in [5, 5.41) is 2.82.